The van der Waals surface area contributed by atoms with E-state index in [9.17, 15) is 0 Å². The van der Waals surface area contributed by atoms with Crippen LogP contribution < -0.4 is 0 Å². The van der Waals surface area contributed by atoms with Gasteiger partial charge in [0, 0.05) is 16.1 Å². The van der Waals surface area contributed by atoms with Crippen molar-refractivity contribution in [3.63, 3.8) is 0 Å². The summed E-state index contributed by atoms with van der Waals surface area (Å²) in [6, 6.07) is 11.7. The van der Waals surface area contributed by atoms with E-state index in [-0.39, 0.29) is 5.92 Å². The maximum absolute atomic E-state index is 8.77. The molecule has 0 saturated heterocycles. The predicted molar refractivity (Wildman–Crippen MR) is 63.7 cm³/mol. The first-order valence-electron chi connectivity index (χ1n) is 4.83. The minimum Gasteiger partial charge on any atom is -0.359 e. The highest BCUT2D eigenvalue weighted by Crippen LogP contribution is 2.25. The molecule has 1 atom stereocenters. The van der Waals surface area contributed by atoms with Crippen LogP contribution in [0.4, 0.5) is 0 Å². The fourth-order valence-corrected chi connectivity index (χ4v) is 1.74. The van der Waals surface area contributed by atoms with Gasteiger partial charge in [-0.15, -0.1) is 0 Å². The number of aromatic nitrogens is 1. The second-order valence-corrected chi connectivity index (χ2v) is 4.39. The van der Waals surface area contributed by atoms with E-state index in [2.05, 4.69) is 27.2 Å². The minimum absolute atomic E-state index is 0.270. The van der Waals surface area contributed by atoms with E-state index in [1.165, 1.54) is 0 Å². The summed E-state index contributed by atoms with van der Waals surface area (Å²) in [5.74, 6) is 0.325. The van der Waals surface area contributed by atoms with Gasteiger partial charge in [0.1, 0.15) is 11.6 Å². The van der Waals surface area contributed by atoms with Gasteiger partial charge < -0.3 is 4.52 Å². The van der Waals surface area contributed by atoms with Gasteiger partial charge in [-0.3, -0.25) is 0 Å². The van der Waals surface area contributed by atoms with Crippen LogP contribution in [0.25, 0.3) is 11.3 Å². The zero-order valence-electron chi connectivity index (χ0n) is 8.64. The molecule has 0 bridgehead atoms. The second-order valence-electron chi connectivity index (χ2n) is 3.48. The van der Waals surface area contributed by atoms with Gasteiger partial charge in [-0.1, -0.05) is 33.2 Å². The Morgan fingerprint density at radius 1 is 1.44 bits per heavy atom. The van der Waals surface area contributed by atoms with Gasteiger partial charge in [-0.05, 0) is 19.1 Å². The molecular weight excluding hydrogens is 268 g/mol. The van der Waals surface area contributed by atoms with Crippen LogP contribution in [0.2, 0.25) is 0 Å². The van der Waals surface area contributed by atoms with Crippen molar-refractivity contribution >= 4 is 15.9 Å². The van der Waals surface area contributed by atoms with Crippen molar-refractivity contribution in [2.75, 3.05) is 0 Å². The standard InChI is InChI=1S/C12H9BrN2O/c1-8(7-14)12-6-11(15-16-12)9-3-2-4-10(13)5-9/h2-6,8H,1H3. The Bertz CT molecular complexity index is 542. The Balaban J connectivity index is 2.36. The van der Waals surface area contributed by atoms with E-state index in [1.807, 2.05) is 24.3 Å². The van der Waals surface area contributed by atoms with Crippen molar-refractivity contribution in [3.8, 4) is 17.3 Å². The van der Waals surface area contributed by atoms with Crippen LogP contribution in [0.1, 0.15) is 18.6 Å². The van der Waals surface area contributed by atoms with E-state index in [1.54, 1.807) is 13.0 Å². The summed E-state index contributed by atoms with van der Waals surface area (Å²) in [7, 11) is 0. The highest BCUT2D eigenvalue weighted by atomic mass is 79.9. The summed E-state index contributed by atoms with van der Waals surface area (Å²) in [5.41, 5.74) is 1.72. The van der Waals surface area contributed by atoms with Crippen LogP contribution in [0.5, 0.6) is 0 Å². The molecule has 0 fully saturated rings. The highest BCUT2D eigenvalue weighted by Gasteiger charge is 2.12. The van der Waals surface area contributed by atoms with Crippen molar-refractivity contribution < 1.29 is 4.52 Å². The third kappa shape index (κ3) is 2.15. The lowest BCUT2D eigenvalue weighted by Gasteiger charge is -1.95. The Morgan fingerprint density at radius 2 is 2.25 bits per heavy atom. The fraction of sp³-hybridized carbons (Fsp3) is 0.167. The van der Waals surface area contributed by atoms with E-state index < -0.39 is 0 Å². The molecule has 0 aliphatic heterocycles. The van der Waals surface area contributed by atoms with Crippen LogP contribution in [0.15, 0.2) is 39.3 Å². The monoisotopic (exact) mass is 276 g/mol. The molecular formula is C12H9BrN2O. The molecule has 2 rings (SSSR count). The van der Waals surface area contributed by atoms with Crippen molar-refractivity contribution in [1.82, 2.24) is 5.16 Å². The number of halogens is 1. The molecule has 1 aromatic carbocycles. The molecule has 1 unspecified atom stereocenters. The molecule has 0 N–H and O–H groups in total. The molecule has 1 heterocycles. The predicted octanol–water partition coefficient (Wildman–Crippen LogP) is 3.73. The van der Waals surface area contributed by atoms with Crippen LogP contribution in [0.3, 0.4) is 0 Å². The van der Waals surface area contributed by atoms with Gasteiger partial charge >= 0.3 is 0 Å². The summed E-state index contributed by atoms with van der Waals surface area (Å²) < 4.78 is 6.11. The first kappa shape index (κ1) is 10.9. The molecule has 0 aliphatic rings. The summed E-state index contributed by atoms with van der Waals surface area (Å²) >= 11 is 3.40. The summed E-state index contributed by atoms with van der Waals surface area (Å²) in [6.07, 6.45) is 0. The number of hydrogen-bond acceptors (Lipinski definition) is 3. The van der Waals surface area contributed by atoms with E-state index >= 15 is 0 Å². The summed E-state index contributed by atoms with van der Waals surface area (Å²) in [4.78, 5) is 0. The lowest BCUT2D eigenvalue weighted by molar-refractivity contribution is 0.381. The average molecular weight is 277 g/mol. The van der Waals surface area contributed by atoms with Crippen molar-refractivity contribution in [2.45, 2.75) is 12.8 Å². The molecule has 1 aromatic heterocycles. The van der Waals surface area contributed by atoms with Gasteiger partial charge in [0.15, 0.2) is 5.76 Å². The Labute approximate surface area is 102 Å². The average Bonchev–Trinajstić information content (AvgIpc) is 2.77. The number of nitriles is 1. The normalized spacial score (nSPS) is 12.1. The largest absolute Gasteiger partial charge is 0.359 e. The molecule has 2 aromatic rings. The smallest absolute Gasteiger partial charge is 0.154 e. The van der Waals surface area contributed by atoms with Crippen LogP contribution in [0, 0.1) is 11.3 Å². The topological polar surface area (TPSA) is 49.8 Å². The first-order valence-corrected chi connectivity index (χ1v) is 5.62. The summed E-state index contributed by atoms with van der Waals surface area (Å²) in [6.45, 7) is 1.78. The third-order valence-corrected chi connectivity index (χ3v) is 2.76. The van der Waals surface area contributed by atoms with Crippen LogP contribution in [-0.2, 0) is 0 Å². The Kier molecular flexibility index (Phi) is 3.07. The molecule has 0 saturated carbocycles. The van der Waals surface area contributed by atoms with Gasteiger partial charge in [0.25, 0.3) is 0 Å². The highest BCUT2D eigenvalue weighted by molar-refractivity contribution is 9.10. The Morgan fingerprint density at radius 3 is 2.94 bits per heavy atom. The van der Waals surface area contributed by atoms with E-state index in [0.717, 1.165) is 15.7 Å². The molecule has 0 amide bonds. The van der Waals surface area contributed by atoms with Crippen LogP contribution >= 0.6 is 15.9 Å². The lowest BCUT2D eigenvalue weighted by atomic mass is 10.1. The van der Waals surface area contributed by atoms with Gasteiger partial charge in [-0.25, -0.2) is 0 Å². The lowest BCUT2D eigenvalue weighted by Crippen LogP contribution is -1.84. The second kappa shape index (κ2) is 4.50. The molecule has 0 radical (unpaired) electrons. The molecule has 0 spiro atoms. The van der Waals surface area contributed by atoms with Gasteiger partial charge in [-0.2, -0.15) is 5.26 Å². The molecule has 16 heavy (non-hydrogen) atoms. The maximum Gasteiger partial charge on any atom is 0.154 e. The van der Waals surface area contributed by atoms with E-state index in [0.29, 0.717) is 5.76 Å². The van der Waals surface area contributed by atoms with Crippen molar-refractivity contribution in [2.24, 2.45) is 0 Å². The van der Waals surface area contributed by atoms with Crippen LogP contribution in [-0.4, -0.2) is 5.16 Å². The van der Waals surface area contributed by atoms with Gasteiger partial charge in [0.2, 0.25) is 0 Å². The molecule has 4 heteroatoms. The van der Waals surface area contributed by atoms with Crippen molar-refractivity contribution in [3.05, 3.63) is 40.6 Å². The molecule has 0 aliphatic carbocycles. The summed E-state index contributed by atoms with van der Waals surface area (Å²) in [5, 5.41) is 12.7. The minimum atomic E-state index is -0.270. The fourth-order valence-electron chi connectivity index (χ4n) is 1.34. The Hall–Kier alpha value is -1.60. The zero-order chi connectivity index (χ0) is 11.5. The number of nitrogens with zero attached hydrogens (tertiary/aromatic N) is 2. The van der Waals surface area contributed by atoms with E-state index in [4.69, 9.17) is 9.78 Å². The molecule has 80 valence electrons. The number of benzene rings is 1. The zero-order valence-corrected chi connectivity index (χ0v) is 10.2. The first-order chi connectivity index (χ1) is 7.70. The number of rotatable bonds is 2. The maximum atomic E-state index is 8.77. The molecule has 3 nitrogen and oxygen atoms in total. The quantitative estimate of drug-likeness (QED) is 0.840. The third-order valence-electron chi connectivity index (χ3n) is 2.27. The number of hydrogen-bond donors (Lipinski definition) is 0. The van der Waals surface area contributed by atoms with Crippen molar-refractivity contribution in [1.29, 1.82) is 5.26 Å². The SMILES string of the molecule is CC(C#N)c1cc(-c2cccc(Br)c2)no1. The van der Waals surface area contributed by atoms with Gasteiger partial charge in [0.05, 0.1) is 6.07 Å².